The molecule has 0 fully saturated rings. The number of benzene rings is 1. The minimum atomic E-state index is -3.20. The highest BCUT2D eigenvalue weighted by molar-refractivity contribution is 5.63. The molecule has 1 amide bonds. The molecule has 1 N–H and O–H groups in total. The molecule has 4 nitrogen and oxygen atoms in total. The van der Waals surface area contributed by atoms with Crippen LogP contribution < -0.4 is 0 Å². The minimum Gasteiger partial charge on any atom is -0.463 e. The third-order valence-corrected chi connectivity index (χ3v) is 2.79. The molecule has 0 aliphatic carbocycles. The molecular weight excluding hydrogens is 280 g/mol. The van der Waals surface area contributed by atoms with Gasteiger partial charge in [-0.25, -0.2) is 4.79 Å². The number of hydrogen-bond acceptors (Lipinski definition) is 2. The summed E-state index contributed by atoms with van der Waals surface area (Å²) in [7, 11) is 0. The maximum absolute atomic E-state index is 12.2. The topological polar surface area (TPSA) is 49.8 Å². The summed E-state index contributed by atoms with van der Waals surface area (Å²) in [5, 5.41) is 9.05. The zero-order chi connectivity index (χ0) is 16.2. The Labute approximate surface area is 122 Å². The lowest BCUT2D eigenvalue weighted by atomic mass is 9.83. The Bertz CT molecular complexity index is 559. The lowest BCUT2D eigenvalue weighted by molar-refractivity contribution is -0.266. The summed E-state index contributed by atoms with van der Waals surface area (Å²) < 4.78 is 24.4. The first-order valence-corrected chi connectivity index (χ1v) is 6.20. The molecule has 0 aromatic heterocycles. The van der Waals surface area contributed by atoms with Crippen molar-refractivity contribution >= 4 is 6.09 Å². The summed E-state index contributed by atoms with van der Waals surface area (Å²) in [5.74, 6) is 2.56. The Hall–Kier alpha value is -2.13. The SMILES string of the molecule is C#Cc1ccc(CN(OC(F)F)C(=O)O)cc1C(C)(C)C. The van der Waals surface area contributed by atoms with Gasteiger partial charge in [0.25, 0.3) is 0 Å². The molecule has 0 aliphatic heterocycles. The highest BCUT2D eigenvalue weighted by Gasteiger charge is 2.21. The van der Waals surface area contributed by atoms with Crippen LogP contribution in [0.15, 0.2) is 18.2 Å². The summed E-state index contributed by atoms with van der Waals surface area (Å²) in [6.45, 7) is 2.36. The summed E-state index contributed by atoms with van der Waals surface area (Å²) in [5.41, 5.74) is 1.78. The molecule has 0 heterocycles. The number of hydroxylamine groups is 2. The van der Waals surface area contributed by atoms with E-state index in [1.807, 2.05) is 20.8 Å². The van der Waals surface area contributed by atoms with E-state index in [2.05, 4.69) is 10.8 Å². The first-order chi connectivity index (χ1) is 9.65. The van der Waals surface area contributed by atoms with Gasteiger partial charge in [-0.15, -0.1) is 6.42 Å². The van der Waals surface area contributed by atoms with Crippen molar-refractivity contribution < 1.29 is 23.5 Å². The van der Waals surface area contributed by atoms with Crippen molar-refractivity contribution in [3.05, 3.63) is 34.9 Å². The largest absolute Gasteiger partial charge is 0.463 e. The molecule has 1 aromatic carbocycles. The zero-order valence-corrected chi connectivity index (χ0v) is 12.1. The smallest absolute Gasteiger partial charge is 0.431 e. The predicted molar refractivity (Wildman–Crippen MR) is 73.7 cm³/mol. The fourth-order valence-corrected chi connectivity index (χ4v) is 1.85. The second kappa shape index (κ2) is 6.55. The van der Waals surface area contributed by atoms with E-state index in [4.69, 9.17) is 11.5 Å². The van der Waals surface area contributed by atoms with E-state index in [0.717, 1.165) is 5.56 Å². The number of rotatable bonds is 4. The third kappa shape index (κ3) is 4.72. The lowest BCUT2D eigenvalue weighted by Crippen LogP contribution is -2.31. The van der Waals surface area contributed by atoms with Crippen LogP contribution in [0.3, 0.4) is 0 Å². The number of terminal acetylenes is 1. The molecule has 1 rings (SSSR count). The van der Waals surface area contributed by atoms with Gasteiger partial charge in [-0.3, -0.25) is 0 Å². The molecule has 0 atom stereocenters. The highest BCUT2D eigenvalue weighted by atomic mass is 19.3. The second-order valence-electron chi connectivity index (χ2n) is 5.46. The Morgan fingerprint density at radius 3 is 2.52 bits per heavy atom. The van der Waals surface area contributed by atoms with E-state index in [1.54, 1.807) is 18.2 Å². The molecule has 6 heteroatoms. The van der Waals surface area contributed by atoms with E-state index in [0.29, 0.717) is 11.1 Å². The maximum Gasteiger partial charge on any atom is 0.431 e. The van der Waals surface area contributed by atoms with Crippen LogP contribution in [0.5, 0.6) is 0 Å². The number of carboxylic acid groups (broad SMARTS) is 1. The van der Waals surface area contributed by atoms with Crippen LogP contribution in [0.2, 0.25) is 0 Å². The first-order valence-electron chi connectivity index (χ1n) is 6.20. The van der Waals surface area contributed by atoms with Gasteiger partial charge >= 0.3 is 12.7 Å². The van der Waals surface area contributed by atoms with Crippen LogP contribution >= 0.6 is 0 Å². The molecule has 114 valence electrons. The minimum absolute atomic E-state index is 0.196. The first kappa shape index (κ1) is 16.9. The lowest BCUT2D eigenvalue weighted by Gasteiger charge is -2.23. The summed E-state index contributed by atoms with van der Waals surface area (Å²) in [4.78, 5) is 14.8. The van der Waals surface area contributed by atoms with Crippen molar-refractivity contribution in [1.82, 2.24) is 5.06 Å². The van der Waals surface area contributed by atoms with Crippen molar-refractivity contribution in [1.29, 1.82) is 0 Å². The van der Waals surface area contributed by atoms with Crippen LogP contribution in [0.25, 0.3) is 0 Å². The number of halogens is 2. The molecule has 0 radical (unpaired) electrons. The summed E-state index contributed by atoms with van der Waals surface area (Å²) in [6, 6.07) is 4.97. The van der Waals surface area contributed by atoms with Gasteiger partial charge in [0.15, 0.2) is 0 Å². The van der Waals surface area contributed by atoms with Gasteiger partial charge in [0.1, 0.15) is 0 Å². The number of hydrogen-bond donors (Lipinski definition) is 1. The Kier molecular flexibility index (Phi) is 5.28. The summed E-state index contributed by atoms with van der Waals surface area (Å²) in [6.07, 6.45) is 3.85. The van der Waals surface area contributed by atoms with Gasteiger partial charge in [-0.05, 0) is 22.6 Å². The van der Waals surface area contributed by atoms with Crippen LogP contribution in [-0.4, -0.2) is 22.9 Å². The highest BCUT2D eigenvalue weighted by Crippen LogP contribution is 2.27. The zero-order valence-electron chi connectivity index (χ0n) is 12.1. The van der Waals surface area contributed by atoms with E-state index < -0.39 is 12.7 Å². The van der Waals surface area contributed by atoms with Crippen molar-refractivity contribution in [2.75, 3.05) is 0 Å². The average Bonchev–Trinajstić information content (AvgIpc) is 2.36. The Morgan fingerprint density at radius 2 is 2.10 bits per heavy atom. The van der Waals surface area contributed by atoms with Gasteiger partial charge in [-0.2, -0.15) is 18.7 Å². The molecule has 0 saturated carbocycles. The van der Waals surface area contributed by atoms with E-state index >= 15 is 0 Å². The third-order valence-electron chi connectivity index (χ3n) is 2.79. The molecule has 21 heavy (non-hydrogen) atoms. The van der Waals surface area contributed by atoms with Gasteiger partial charge in [0.2, 0.25) is 0 Å². The molecule has 0 unspecified atom stereocenters. The Morgan fingerprint density at radius 1 is 1.48 bits per heavy atom. The van der Waals surface area contributed by atoms with Crippen molar-refractivity contribution in [3.63, 3.8) is 0 Å². The van der Waals surface area contributed by atoms with E-state index in [1.165, 1.54) is 0 Å². The molecule has 1 aromatic rings. The molecular formula is C15H17F2NO3. The molecule has 0 aliphatic rings. The van der Waals surface area contributed by atoms with Crippen LogP contribution in [-0.2, 0) is 16.8 Å². The van der Waals surface area contributed by atoms with Crippen LogP contribution in [0.1, 0.15) is 37.5 Å². The fraction of sp³-hybridized carbons (Fsp3) is 0.400. The number of nitrogens with zero attached hydrogens (tertiary/aromatic N) is 1. The van der Waals surface area contributed by atoms with Crippen molar-refractivity contribution in [2.24, 2.45) is 0 Å². The van der Waals surface area contributed by atoms with Crippen LogP contribution in [0, 0.1) is 12.3 Å². The van der Waals surface area contributed by atoms with Gasteiger partial charge in [0.05, 0.1) is 6.54 Å². The van der Waals surface area contributed by atoms with Crippen molar-refractivity contribution in [2.45, 2.75) is 39.3 Å². The van der Waals surface area contributed by atoms with E-state index in [9.17, 15) is 13.6 Å². The normalized spacial score (nSPS) is 11.3. The standard InChI is InChI=1S/C15H17F2NO3/c1-5-11-7-6-10(8-12(11)15(2,3)4)9-18(14(19)20)21-13(16)17/h1,6-8,13H,9H2,2-4H3,(H,19,20). The van der Waals surface area contributed by atoms with Gasteiger partial charge in [0, 0.05) is 5.56 Å². The molecule has 0 saturated heterocycles. The molecule has 0 bridgehead atoms. The number of carbonyl (C=O) groups is 1. The van der Waals surface area contributed by atoms with E-state index in [-0.39, 0.29) is 17.0 Å². The number of alkyl halides is 2. The quantitative estimate of drug-likeness (QED) is 0.682. The predicted octanol–water partition coefficient (Wildman–Crippen LogP) is 3.60. The van der Waals surface area contributed by atoms with Gasteiger partial charge in [-0.1, -0.05) is 38.8 Å². The van der Waals surface area contributed by atoms with Crippen LogP contribution in [0.4, 0.5) is 13.6 Å². The average molecular weight is 297 g/mol. The summed E-state index contributed by atoms with van der Waals surface area (Å²) >= 11 is 0. The molecule has 0 spiro atoms. The number of amides is 1. The monoisotopic (exact) mass is 297 g/mol. The second-order valence-corrected chi connectivity index (χ2v) is 5.46. The fourth-order valence-electron chi connectivity index (χ4n) is 1.85. The maximum atomic E-state index is 12.2. The van der Waals surface area contributed by atoms with Crippen molar-refractivity contribution in [3.8, 4) is 12.3 Å². The van der Waals surface area contributed by atoms with Gasteiger partial charge < -0.3 is 5.11 Å². The Balaban J connectivity index is 3.09.